The van der Waals surface area contributed by atoms with Crippen LogP contribution in [0.2, 0.25) is 0 Å². The molecule has 8 nitrogen and oxygen atoms in total. The molecule has 0 saturated heterocycles. The van der Waals surface area contributed by atoms with Gasteiger partial charge >= 0.3 is 5.97 Å². The molecule has 0 spiro atoms. The smallest absolute Gasteiger partial charge is 0.357 e. The molecule has 2 heterocycles. The zero-order valence-corrected chi connectivity index (χ0v) is 26.5. The highest BCUT2D eigenvalue weighted by molar-refractivity contribution is 7.98. The van der Waals surface area contributed by atoms with Crippen LogP contribution in [0.15, 0.2) is 40.3 Å². The first-order valence-corrected chi connectivity index (χ1v) is 17.1. The predicted octanol–water partition coefficient (Wildman–Crippen LogP) is 6.23. The molecule has 13 heteroatoms. The van der Waals surface area contributed by atoms with Crippen molar-refractivity contribution in [1.29, 1.82) is 0 Å². The molecule has 2 aromatic rings. The number of ether oxygens (including phenoxy) is 2. The molecule has 1 aliphatic heterocycles. The monoisotopic (exact) mass is 641 g/mol. The van der Waals surface area contributed by atoms with Gasteiger partial charge in [-0.25, -0.2) is 31.4 Å². The van der Waals surface area contributed by atoms with Crippen molar-refractivity contribution >= 4 is 33.4 Å². The maximum absolute atomic E-state index is 15.2. The van der Waals surface area contributed by atoms with E-state index < -0.39 is 45.6 Å². The molecule has 6 rings (SSSR count). The maximum atomic E-state index is 15.2. The number of benzene rings is 1. The molecule has 0 unspecified atom stereocenters. The van der Waals surface area contributed by atoms with E-state index in [1.165, 1.54) is 42.5 Å². The van der Waals surface area contributed by atoms with Gasteiger partial charge in [0.2, 0.25) is 15.9 Å². The average Bonchev–Trinajstić information content (AvgIpc) is 3.06. The fourth-order valence-corrected chi connectivity index (χ4v) is 8.77. The van der Waals surface area contributed by atoms with Gasteiger partial charge in [0.25, 0.3) is 0 Å². The lowest BCUT2D eigenvalue weighted by Crippen LogP contribution is -2.60. The number of anilines is 1. The van der Waals surface area contributed by atoms with E-state index in [0.29, 0.717) is 60.4 Å². The molecule has 3 aliphatic carbocycles. The van der Waals surface area contributed by atoms with E-state index in [9.17, 15) is 22.0 Å². The molecule has 1 atom stereocenters. The van der Waals surface area contributed by atoms with Gasteiger partial charge < -0.3 is 14.4 Å². The first kappa shape index (κ1) is 31.9. The number of alkyl halides is 3. The van der Waals surface area contributed by atoms with Crippen molar-refractivity contribution in [2.24, 2.45) is 0 Å². The topological polar surface area (TPSA) is 89.0 Å². The Hall–Kier alpha value is -2.51. The second kappa shape index (κ2) is 11.8. The summed E-state index contributed by atoms with van der Waals surface area (Å²) in [4.78, 5) is 19.1. The summed E-state index contributed by atoms with van der Waals surface area (Å²) in [5.74, 6) is -3.26. The van der Waals surface area contributed by atoms with Gasteiger partial charge in [-0.15, -0.1) is 11.8 Å². The third-order valence-electron chi connectivity index (χ3n) is 9.36. The predicted molar refractivity (Wildman–Crippen MR) is 158 cm³/mol. The number of aromatic nitrogens is 1. The lowest BCUT2D eigenvalue weighted by molar-refractivity contribution is -0.00104. The van der Waals surface area contributed by atoms with E-state index in [2.05, 4.69) is 9.88 Å². The third kappa shape index (κ3) is 6.22. The number of rotatable bonds is 9. The quantitative estimate of drug-likeness (QED) is 0.235. The molecule has 1 aromatic heterocycles. The molecule has 236 valence electrons. The number of pyridine rings is 1. The van der Waals surface area contributed by atoms with E-state index in [0.717, 1.165) is 6.92 Å². The van der Waals surface area contributed by atoms with Crippen LogP contribution in [0.5, 0.6) is 5.75 Å². The number of nitrogens with zero attached hydrogens (tertiary/aromatic N) is 3. The zero-order valence-electron chi connectivity index (χ0n) is 24.9. The van der Waals surface area contributed by atoms with Crippen molar-refractivity contribution in [2.45, 2.75) is 97.9 Å². The first-order valence-electron chi connectivity index (χ1n) is 14.4. The molecule has 3 saturated carbocycles. The maximum Gasteiger partial charge on any atom is 0.357 e. The fraction of sp³-hybridized carbons (Fsp3) is 0.600. The van der Waals surface area contributed by atoms with Crippen molar-refractivity contribution in [3.63, 3.8) is 0 Å². The van der Waals surface area contributed by atoms with Gasteiger partial charge in [-0.1, -0.05) is 6.07 Å². The van der Waals surface area contributed by atoms with Gasteiger partial charge in [-0.2, -0.15) is 4.31 Å². The Morgan fingerprint density at radius 2 is 1.86 bits per heavy atom. The van der Waals surface area contributed by atoms with Crippen LogP contribution in [-0.2, 0) is 21.4 Å². The Labute approximate surface area is 255 Å². The van der Waals surface area contributed by atoms with E-state index in [1.54, 1.807) is 18.2 Å². The molecule has 43 heavy (non-hydrogen) atoms. The van der Waals surface area contributed by atoms with E-state index in [-0.39, 0.29) is 30.2 Å². The Kier molecular flexibility index (Phi) is 8.73. The Bertz CT molecular complexity index is 1460. The number of thioether (sulfide) groups is 1. The Morgan fingerprint density at radius 1 is 1.19 bits per heavy atom. The summed E-state index contributed by atoms with van der Waals surface area (Å²) < 4.78 is 83.7. The first-order chi connectivity index (χ1) is 20.2. The second-order valence-corrected chi connectivity index (χ2v) is 14.8. The molecule has 0 N–H and O–H groups in total. The minimum Gasteiger partial charge on any atom is -0.488 e. The Morgan fingerprint density at radius 3 is 2.47 bits per heavy atom. The van der Waals surface area contributed by atoms with Gasteiger partial charge in [0.15, 0.2) is 5.69 Å². The molecular formula is C30H38F3N3O5S2. The summed E-state index contributed by atoms with van der Waals surface area (Å²) in [6.07, 6.45) is 5.70. The van der Waals surface area contributed by atoms with E-state index in [1.807, 2.05) is 6.26 Å². The summed E-state index contributed by atoms with van der Waals surface area (Å²) in [6.45, 7) is 1.000. The van der Waals surface area contributed by atoms with Crippen LogP contribution in [0.1, 0.15) is 74.3 Å². The van der Waals surface area contributed by atoms with Crippen molar-refractivity contribution in [2.75, 3.05) is 31.9 Å². The summed E-state index contributed by atoms with van der Waals surface area (Å²) in [7, 11) is -1.44. The van der Waals surface area contributed by atoms with Crippen LogP contribution in [0, 0.1) is 0 Å². The lowest BCUT2D eigenvalue weighted by Gasteiger charge is -2.56. The van der Waals surface area contributed by atoms with Gasteiger partial charge in [-0.3, -0.25) is 0 Å². The molecule has 0 radical (unpaired) electrons. The summed E-state index contributed by atoms with van der Waals surface area (Å²) in [5.41, 5.74) is -0.618. The largest absolute Gasteiger partial charge is 0.488 e. The number of sulfonamides is 1. The van der Waals surface area contributed by atoms with Crippen LogP contribution in [0.4, 0.5) is 18.9 Å². The number of halogens is 3. The van der Waals surface area contributed by atoms with Crippen molar-refractivity contribution in [3.8, 4) is 5.75 Å². The minimum atomic E-state index is -4.14. The SMILES string of the molecule is COC(=O)c1ncccc1COc1cc2c(cc1SC)N(C13CCC(F)(CC1)CC3)C[C@@H](CCC(C)(F)F)N(C)S2(=O)=O. The van der Waals surface area contributed by atoms with Gasteiger partial charge in [0.1, 0.15) is 22.9 Å². The summed E-state index contributed by atoms with van der Waals surface area (Å²) >= 11 is 1.38. The number of hydrogen-bond acceptors (Lipinski definition) is 8. The highest BCUT2D eigenvalue weighted by Crippen LogP contribution is 2.55. The summed E-state index contributed by atoms with van der Waals surface area (Å²) in [5, 5.41) is 0. The highest BCUT2D eigenvalue weighted by atomic mass is 32.2. The average molecular weight is 642 g/mol. The number of fused-ring (bicyclic) bond motifs is 4. The van der Waals surface area contributed by atoms with E-state index in [4.69, 9.17) is 9.47 Å². The van der Waals surface area contributed by atoms with Crippen LogP contribution in [0.3, 0.4) is 0 Å². The van der Waals surface area contributed by atoms with Crippen LogP contribution < -0.4 is 9.64 Å². The third-order valence-corrected chi connectivity index (χ3v) is 12.1. The number of esters is 1. The van der Waals surface area contributed by atoms with E-state index >= 15 is 4.39 Å². The highest BCUT2D eigenvalue weighted by Gasteiger charge is 2.54. The standard InChI is InChI=1S/C30H38F3N3O5S2/c1-28(31,32)8-7-21-18-36(30-12-9-29(33,10-13-30)11-14-30)22-16-24(42-4)23(17-25(22)43(38,39)35(21)2)41-19-20-6-5-15-34-26(20)27(37)40-3/h5-6,15-17,21H,7-14,18-19H2,1-4H3/t21-,29?,30?/m1/s1. The normalized spacial score (nSPS) is 27.0. The Balaban J connectivity index is 1.58. The number of likely N-dealkylation sites (N-methyl/N-ethyl adjacent to an activating group) is 1. The molecule has 0 amide bonds. The number of methoxy groups -OCH3 is 1. The van der Waals surface area contributed by atoms with Crippen LogP contribution in [-0.4, -0.2) is 73.8 Å². The molecule has 2 bridgehead atoms. The number of carbonyl (C=O) groups excluding carboxylic acids is 1. The fourth-order valence-electron chi connectivity index (χ4n) is 6.65. The van der Waals surface area contributed by atoms with Gasteiger partial charge in [0.05, 0.1) is 17.7 Å². The minimum absolute atomic E-state index is 0.0185. The second-order valence-electron chi connectivity index (χ2n) is 12.0. The van der Waals surface area contributed by atoms with Crippen molar-refractivity contribution in [1.82, 2.24) is 9.29 Å². The molecule has 1 aromatic carbocycles. The van der Waals surface area contributed by atoms with Gasteiger partial charge in [0, 0.05) is 49.4 Å². The number of carbonyl (C=O) groups is 1. The van der Waals surface area contributed by atoms with Crippen molar-refractivity contribution in [3.05, 3.63) is 41.7 Å². The lowest BCUT2D eigenvalue weighted by atomic mass is 9.63. The zero-order chi connectivity index (χ0) is 31.2. The molecule has 3 fully saturated rings. The molecular weight excluding hydrogens is 603 g/mol. The molecule has 4 aliphatic rings. The van der Waals surface area contributed by atoms with Gasteiger partial charge in [-0.05, 0) is 70.3 Å². The van der Waals surface area contributed by atoms with Crippen molar-refractivity contribution < 1.29 is 35.9 Å². The van der Waals surface area contributed by atoms with Crippen LogP contribution in [0.25, 0.3) is 0 Å². The van der Waals surface area contributed by atoms with Crippen LogP contribution >= 0.6 is 11.8 Å². The summed E-state index contributed by atoms with van der Waals surface area (Å²) in [6, 6.07) is 5.92. The number of hydrogen-bond donors (Lipinski definition) is 0.